The number of allylic oxidation sites excluding steroid dienone is 2. The number of carbonyl (C=O) groups excluding carboxylic acids is 4. The lowest BCUT2D eigenvalue weighted by Gasteiger charge is -2.41. The van der Waals surface area contributed by atoms with E-state index in [1.54, 1.807) is 35.9 Å². The minimum Gasteiger partial charge on any atom is -0.351 e. The Labute approximate surface area is 205 Å². The molecular formula is C25H34N6O4. The van der Waals surface area contributed by atoms with Crippen molar-refractivity contribution in [3.8, 4) is 0 Å². The third kappa shape index (κ3) is 5.68. The summed E-state index contributed by atoms with van der Waals surface area (Å²) in [5.41, 5.74) is -0.244. The fraction of sp³-hybridized carbons (Fsp3) is 0.600. The van der Waals surface area contributed by atoms with Crippen molar-refractivity contribution in [2.24, 2.45) is 11.3 Å². The smallest absolute Gasteiger partial charge is 0.272 e. The van der Waals surface area contributed by atoms with Gasteiger partial charge in [0.05, 0.1) is 12.0 Å². The molecule has 1 spiro atoms. The van der Waals surface area contributed by atoms with Crippen LogP contribution >= 0.6 is 0 Å². The normalized spacial score (nSPS) is 26.0. The van der Waals surface area contributed by atoms with Gasteiger partial charge in [0, 0.05) is 51.3 Å². The van der Waals surface area contributed by atoms with E-state index in [1.807, 2.05) is 0 Å². The number of aromatic nitrogens is 2. The van der Waals surface area contributed by atoms with Gasteiger partial charge in [0.15, 0.2) is 0 Å². The Morgan fingerprint density at radius 3 is 2.60 bits per heavy atom. The number of hydrogen-bond acceptors (Lipinski definition) is 6. The van der Waals surface area contributed by atoms with Crippen molar-refractivity contribution in [1.82, 2.24) is 30.4 Å². The van der Waals surface area contributed by atoms with E-state index >= 15 is 0 Å². The number of likely N-dealkylation sites (tertiary alicyclic amines) is 2. The summed E-state index contributed by atoms with van der Waals surface area (Å²) in [6.45, 7) is 5.33. The van der Waals surface area contributed by atoms with Crippen LogP contribution in [0.25, 0.3) is 0 Å². The van der Waals surface area contributed by atoms with Gasteiger partial charge in [-0.05, 0) is 45.1 Å². The van der Waals surface area contributed by atoms with E-state index in [-0.39, 0.29) is 42.1 Å². The molecule has 2 saturated heterocycles. The third-order valence-electron chi connectivity index (χ3n) is 7.53. The van der Waals surface area contributed by atoms with Crippen LogP contribution in [-0.2, 0) is 14.4 Å². The second-order valence-electron chi connectivity index (χ2n) is 9.84. The summed E-state index contributed by atoms with van der Waals surface area (Å²) in [6, 6.07) is 1.55. The highest BCUT2D eigenvalue weighted by Gasteiger charge is 2.41. The largest absolute Gasteiger partial charge is 0.351 e. The van der Waals surface area contributed by atoms with Crippen molar-refractivity contribution in [3.63, 3.8) is 0 Å². The molecular weight excluding hydrogens is 448 g/mol. The van der Waals surface area contributed by atoms with Gasteiger partial charge in [0.25, 0.3) is 5.91 Å². The average molecular weight is 483 g/mol. The minimum absolute atomic E-state index is 0.0166. The molecule has 0 aliphatic carbocycles. The van der Waals surface area contributed by atoms with Gasteiger partial charge in [0.1, 0.15) is 11.5 Å². The van der Waals surface area contributed by atoms with Crippen molar-refractivity contribution in [3.05, 3.63) is 35.9 Å². The SMILES string of the molecule is CC(=O)N1CCC2(C/C=C/C[C@H]3CN(C(=O)c4ccnc(C)n4)CC[C@H]3NC(=O)CNC2=O)CC1. The van der Waals surface area contributed by atoms with Gasteiger partial charge in [-0.2, -0.15) is 0 Å². The van der Waals surface area contributed by atoms with Crippen molar-refractivity contribution >= 4 is 23.6 Å². The predicted molar refractivity (Wildman–Crippen MR) is 128 cm³/mol. The molecule has 10 heteroatoms. The van der Waals surface area contributed by atoms with E-state index in [0.717, 1.165) is 0 Å². The Balaban J connectivity index is 1.47. The Morgan fingerprint density at radius 2 is 1.89 bits per heavy atom. The van der Waals surface area contributed by atoms with Crippen LogP contribution in [0.3, 0.4) is 0 Å². The summed E-state index contributed by atoms with van der Waals surface area (Å²) in [6.07, 6.45) is 8.74. The summed E-state index contributed by atoms with van der Waals surface area (Å²) >= 11 is 0. The molecule has 0 unspecified atom stereocenters. The fourth-order valence-electron chi connectivity index (χ4n) is 5.34. The molecule has 4 amide bonds. The first-order valence-corrected chi connectivity index (χ1v) is 12.3. The lowest BCUT2D eigenvalue weighted by atomic mass is 9.74. The zero-order valence-corrected chi connectivity index (χ0v) is 20.5. The lowest BCUT2D eigenvalue weighted by molar-refractivity contribution is -0.140. The Bertz CT molecular complexity index is 1020. The lowest BCUT2D eigenvalue weighted by Crippen LogP contribution is -2.55. The monoisotopic (exact) mass is 482 g/mol. The highest BCUT2D eigenvalue weighted by Crippen LogP contribution is 2.36. The van der Waals surface area contributed by atoms with Gasteiger partial charge in [-0.25, -0.2) is 9.97 Å². The maximum Gasteiger partial charge on any atom is 0.272 e. The highest BCUT2D eigenvalue weighted by atomic mass is 16.2. The van der Waals surface area contributed by atoms with Crippen LogP contribution in [-0.4, -0.2) is 82.2 Å². The Kier molecular flexibility index (Phi) is 7.47. The van der Waals surface area contributed by atoms with Crippen LogP contribution in [0.5, 0.6) is 0 Å². The molecule has 2 N–H and O–H groups in total. The summed E-state index contributed by atoms with van der Waals surface area (Å²) in [4.78, 5) is 62.5. The number of rotatable bonds is 1. The van der Waals surface area contributed by atoms with Crippen LogP contribution in [0, 0.1) is 18.3 Å². The zero-order valence-electron chi connectivity index (χ0n) is 20.5. The first-order valence-electron chi connectivity index (χ1n) is 12.3. The molecule has 2 atom stereocenters. The average Bonchev–Trinajstić information content (AvgIpc) is 2.85. The maximum absolute atomic E-state index is 13.1. The number of carbonyl (C=O) groups is 4. The number of amides is 4. The number of piperidine rings is 2. The van der Waals surface area contributed by atoms with Gasteiger partial charge in [0.2, 0.25) is 17.7 Å². The van der Waals surface area contributed by atoms with Crippen molar-refractivity contribution in [2.45, 2.75) is 52.0 Å². The van der Waals surface area contributed by atoms with Crippen LogP contribution in [0.15, 0.2) is 24.4 Å². The number of nitrogens with one attached hydrogen (secondary N) is 2. The van der Waals surface area contributed by atoms with Gasteiger partial charge in [-0.1, -0.05) is 12.2 Å². The molecule has 4 rings (SSSR count). The van der Waals surface area contributed by atoms with Gasteiger partial charge >= 0.3 is 0 Å². The second-order valence-corrected chi connectivity index (χ2v) is 9.84. The molecule has 1 aromatic rings. The molecule has 10 nitrogen and oxygen atoms in total. The summed E-state index contributed by atoms with van der Waals surface area (Å²) in [5, 5.41) is 5.91. The standard InChI is InChI=1S/C25H34N6O4/c1-17-26-11-6-21(28-17)23(34)31-12-7-20-19(16-31)5-3-4-8-25(24(35)27-15-22(33)29-20)9-13-30(14-10-25)18(2)32/h3-4,6,11,19-20H,5,7-10,12-16H2,1-2H3,(H,27,35)(H,29,33)/b4-3+/t19-,20+/m0/s1. The van der Waals surface area contributed by atoms with Crippen LogP contribution in [0.2, 0.25) is 0 Å². The molecule has 1 aromatic heterocycles. The van der Waals surface area contributed by atoms with Crippen molar-refractivity contribution in [1.29, 1.82) is 0 Å². The van der Waals surface area contributed by atoms with E-state index in [9.17, 15) is 19.2 Å². The number of hydrogen-bond donors (Lipinski definition) is 2. The molecule has 188 valence electrons. The highest BCUT2D eigenvalue weighted by molar-refractivity contribution is 5.92. The van der Waals surface area contributed by atoms with Gasteiger partial charge < -0.3 is 20.4 Å². The first kappa shape index (κ1) is 24.8. The van der Waals surface area contributed by atoms with Gasteiger partial charge in [-0.15, -0.1) is 0 Å². The number of aryl methyl sites for hydroxylation is 1. The Hall–Kier alpha value is -3.30. The molecule has 35 heavy (non-hydrogen) atoms. The van der Waals surface area contributed by atoms with Gasteiger partial charge in [-0.3, -0.25) is 19.2 Å². The maximum atomic E-state index is 13.1. The second kappa shape index (κ2) is 10.5. The van der Waals surface area contributed by atoms with Crippen molar-refractivity contribution in [2.75, 3.05) is 32.7 Å². The van der Waals surface area contributed by atoms with Crippen LogP contribution < -0.4 is 10.6 Å². The molecule has 0 radical (unpaired) electrons. The molecule has 0 saturated carbocycles. The summed E-state index contributed by atoms with van der Waals surface area (Å²) < 4.78 is 0. The molecule has 2 fully saturated rings. The van der Waals surface area contributed by atoms with E-state index in [0.29, 0.717) is 69.8 Å². The van der Waals surface area contributed by atoms with Crippen LogP contribution in [0.1, 0.15) is 55.3 Å². The fourth-order valence-corrected chi connectivity index (χ4v) is 5.34. The third-order valence-corrected chi connectivity index (χ3v) is 7.53. The quantitative estimate of drug-likeness (QED) is 0.571. The van der Waals surface area contributed by atoms with E-state index in [4.69, 9.17) is 0 Å². The predicted octanol–water partition coefficient (Wildman–Crippen LogP) is 0.827. The summed E-state index contributed by atoms with van der Waals surface area (Å²) in [7, 11) is 0. The molecule has 4 heterocycles. The zero-order chi connectivity index (χ0) is 25.0. The Morgan fingerprint density at radius 1 is 1.11 bits per heavy atom. The molecule has 0 aromatic carbocycles. The van der Waals surface area contributed by atoms with E-state index < -0.39 is 5.41 Å². The van der Waals surface area contributed by atoms with E-state index in [2.05, 4.69) is 32.8 Å². The minimum atomic E-state index is -0.624. The topological polar surface area (TPSA) is 125 Å². The van der Waals surface area contributed by atoms with Crippen molar-refractivity contribution < 1.29 is 19.2 Å². The number of fused-ring (bicyclic) bond motifs is 1. The molecule has 0 bridgehead atoms. The van der Waals surface area contributed by atoms with Crippen LogP contribution in [0.4, 0.5) is 0 Å². The first-order chi connectivity index (χ1) is 16.8. The molecule has 3 aliphatic rings. The number of nitrogens with zero attached hydrogens (tertiary/aromatic N) is 4. The molecule has 3 aliphatic heterocycles. The van der Waals surface area contributed by atoms with E-state index in [1.165, 1.54) is 0 Å². The summed E-state index contributed by atoms with van der Waals surface area (Å²) in [5.74, 6) is 0.152.